The number of benzene rings is 3. The van der Waals surface area contributed by atoms with Crippen LogP contribution in [-0.4, -0.2) is 98.8 Å². The lowest BCUT2D eigenvalue weighted by Crippen LogP contribution is -2.62. The van der Waals surface area contributed by atoms with Gasteiger partial charge in [-0.2, -0.15) is 5.06 Å². The molecule has 3 aromatic carbocycles. The smallest absolute Gasteiger partial charge is 0.251 e. The van der Waals surface area contributed by atoms with Gasteiger partial charge in [-0.05, 0) is 85.7 Å². The average Bonchev–Trinajstić information content (AvgIpc) is 3.54. The van der Waals surface area contributed by atoms with Gasteiger partial charge in [0.2, 0.25) is 5.91 Å². The number of hydrogen-bond donors (Lipinski definition) is 5. The van der Waals surface area contributed by atoms with E-state index in [1.165, 1.54) is 6.42 Å². The summed E-state index contributed by atoms with van der Waals surface area (Å²) >= 11 is 0. The van der Waals surface area contributed by atoms with E-state index in [-0.39, 0.29) is 42.5 Å². The highest BCUT2D eigenvalue weighted by Crippen LogP contribution is 2.61. The molecule has 55 heavy (non-hydrogen) atoms. The molecule has 5 N–H and O–H groups in total. The standard InChI is InChI=1S/C44H61N5O6/c1-26-36-21-32(44(36,3)4)22-37(26)47-43(53)40-39(27(2)51)38(25-50)55-49(40)24-29-15-12-16-35(41(29)54-8)30-18-31(20-34(19-30)48(6)7)42(52)46-33(23-45-5)17-28-13-10-9-11-14-28/h9-16,18-20,26-27,32-33,36-40,45,50-51H,17,21-25H2,1-8H3,(H,46,52)(H,47,53)/t26-,27?,32+,33-,36-,37-,38-,39?,40?/m0/s1. The molecule has 3 unspecified atom stereocenters. The molecule has 11 nitrogen and oxygen atoms in total. The van der Waals surface area contributed by atoms with Gasteiger partial charge in [0.15, 0.2) is 0 Å². The molecular weight excluding hydrogens is 695 g/mol. The summed E-state index contributed by atoms with van der Waals surface area (Å²) in [6, 6.07) is 20.8. The van der Waals surface area contributed by atoms with Crippen molar-refractivity contribution in [1.82, 2.24) is 21.0 Å². The van der Waals surface area contributed by atoms with Gasteiger partial charge in [0.1, 0.15) is 17.9 Å². The average molecular weight is 756 g/mol. The topological polar surface area (TPSA) is 136 Å². The number of rotatable bonds is 15. The zero-order valence-corrected chi connectivity index (χ0v) is 33.7. The largest absolute Gasteiger partial charge is 0.496 e. The van der Waals surface area contributed by atoms with E-state index in [1.807, 2.05) is 80.6 Å². The van der Waals surface area contributed by atoms with Gasteiger partial charge in [0.25, 0.3) is 5.91 Å². The van der Waals surface area contributed by atoms with Crippen molar-refractivity contribution in [1.29, 1.82) is 0 Å². The molecule has 1 saturated heterocycles. The number of hydroxylamine groups is 2. The maximum atomic E-state index is 14.3. The van der Waals surface area contributed by atoms with E-state index in [4.69, 9.17) is 9.57 Å². The van der Waals surface area contributed by atoms with Crippen LogP contribution in [0.15, 0.2) is 66.7 Å². The Kier molecular flexibility index (Phi) is 12.6. The number of anilines is 1. The zero-order valence-electron chi connectivity index (χ0n) is 33.7. The number of carbonyl (C=O) groups is 2. The number of aliphatic hydroxyl groups is 2. The summed E-state index contributed by atoms with van der Waals surface area (Å²) in [6.07, 6.45) is 1.16. The SMILES string of the molecule is CNC[C@H](Cc1ccccc1)NC(=O)c1cc(-c2cccc(CN3O[C@@H](CO)C(C(C)O)C3C(=O)N[C@H]3C[C@H]4C[C@@H]([C@@H]3C)C4(C)C)c2OC)cc(N(C)C)c1. The minimum Gasteiger partial charge on any atom is -0.496 e. The van der Waals surface area contributed by atoms with E-state index in [2.05, 4.69) is 48.9 Å². The molecule has 9 atom stereocenters. The van der Waals surface area contributed by atoms with Crippen LogP contribution >= 0.6 is 0 Å². The molecule has 3 aliphatic carbocycles. The highest BCUT2D eigenvalue weighted by Gasteiger charge is 2.57. The molecular formula is C44H61N5O6. The number of nitrogens with one attached hydrogen (secondary N) is 3. The van der Waals surface area contributed by atoms with Crippen molar-refractivity contribution in [3.05, 3.63) is 83.4 Å². The number of amides is 2. The molecule has 298 valence electrons. The lowest BCUT2D eigenvalue weighted by Gasteiger charge is -2.62. The fraction of sp³-hybridized carbons (Fsp3) is 0.545. The number of fused-ring (bicyclic) bond motifs is 2. The van der Waals surface area contributed by atoms with Crippen molar-refractivity contribution < 1.29 is 29.4 Å². The molecule has 0 aromatic heterocycles. The van der Waals surface area contributed by atoms with Crippen LogP contribution in [0, 0.1) is 29.1 Å². The van der Waals surface area contributed by atoms with Gasteiger partial charge < -0.3 is 35.8 Å². The quantitative estimate of drug-likeness (QED) is 0.150. The Morgan fingerprint density at radius 1 is 1.07 bits per heavy atom. The number of ether oxygens (including phenoxy) is 1. The predicted octanol–water partition coefficient (Wildman–Crippen LogP) is 4.65. The van der Waals surface area contributed by atoms with Gasteiger partial charge in [-0.25, -0.2) is 0 Å². The molecule has 1 heterocycles. The summed E-state index contributed by atoms with van der Waals surface area (Å²) < 4.78 is 6.10. The van der Waals surface area contributed by atoms with E-state index in [0.717, 1.165) is 34.4 Å². The first kappa shape index (κ1) is 40.7. The second-order valence-corrected chi connectivity index (χ2v) is 16.8. The second-order valence-electron chi connectivity index (χ2n) is 16.8. The van der Waals surface area contributed by atoms with Crippen LogP contribution in [0.3, 0.4) is 0 Å². The highest BCUT2D eigenvalue weighted by atomic mass is 16.7. The molecule has 2 bridgehead atoms. The maximum Gasteiger partial charge on any atom is 0.251 e. The number of likely N-dealkylation sites (N-methyl/N-ethyl adjacent to an activating group) is 1. The van der Waals surface area contributed by atoms with Gasteiger partial charge in [-0.3, -0.25) is 14.4 Å². The third kappa shape index (κ3) is 8.42. The van der Waals surface area contributed by atoms with Crippen LogP contribution in [0.4, 0.5) is 5.69 Å². The Balaban J connectivity index is 1.28. The minimum atomic E-state index is -0.902. The molecule has 0 radical (unpaired) electrons. The Hall–Kier alpha value is -4.00. The number of hydrogen-bond acceptors (Lipinski definition) is 9. The Bertz CT molecular complexity index is 1800. The summed E-state index contributed by atoms with van der Waals surface area (Å²) in [5, 5.41) is 32.7. The Labute approximate surface area is 326 Å². The molecule has 0 spiro atoms. The van der Waals surface area contributed by atoms with Crippen LogP contribution in [0.5, 0.6) is 5.75 Å². The van der Waals surface area contributed by atoms with Crippen LogP contribution in [-0.2, 0) is 22.6 Å². The van der Waals surface area contributed by atoms with Crippen LogP contribution in [0.1, 0.15) is 62.0 Å². The summed E-state index contributed by atoms with van der Waals surface area (Å²) in [6.45, 7) is 9.00. The van der Waals surface area contributed by atoms with Crippen molar-refractivity contribution in [2.45, 2.75) is 83.8 Å². The normalized spacial score (nSPS) is 26.8. The molecule has 11 heteroatoms. The van der Waals surface area contributed by atoms with Crippen molar-refractivity contribution in [2.75, 3.05) is 46.3 Å². The predicted molar refractivity (Wildman–Crippen MR) is 216 cm³/mol. The van der Waals surface area contributed by atoms with Crippen LogP contribution in [0.25, 0.3) is 11.1 Å². The lowest BCUT2D eigenvalue weighted by molar-refractivity contribution is -0.183. The van der Waals surface area contributed by atoms with Crippen molar-refractivity contribution in [2.24, 2.45) is 29.1 Å². The van der Waals surface area contributed by atoms with Gasteiger partial charge in [-0.15, -0.1) is 0 Å². The van der Waals surface area contributed by atoms with E-state index in [9.17, 15) is 19.8 Å². The second kappa shape index (κ2) is 17.0. The van der Waals surface area contributed by atoms with E-state index in [0.29, 0.717) is 42.0 Å². The summed E-state index contributed by atoms with van der Waals surface area (Å²) in [5.74, 6) is 1.01. The molecule has 1 aliphatic heterocycles. The van der Waals surface area contributed by atoms with E-state index >= 15 is 0 Å². The third-order valence-corrected chi connectivity index (χ3v) is 12.8. The molecule has 3 aromatic rings. The molecule has 4 aliphatic rings. The van der Waals surface area contributed by atoms with Gasteiger partial charge >= 0.3 is 0 Å². The first-order valence-corrected chi connectivity index (χ1v) is 19.8. The fourth-order valence-corrected chi connectivity index (χ4v) is 9.57. The molecule has 4 fully saturated rings. The lowest BCUT2D eigenvalue weighted by atomic mass is 9.45. The van der Waals surface area contributed by atoms with Gasteiger partial charge in [0.05, 0.1) is 26.4 Å². The monoisotopic (exact) mass is 755 g/mol. The van der Waals surface area contributed by atoms with Crippen molar-refractivity contribution in [3.8, 4) is 16.9 Å². The molecule has 3 saturated carbocycles. The maximum absolute atomic E-state index is 14.3. The number of aliphatic hydroxyl groups excluding tert-OH is 2. The first-order chi connectivity index (χ1) is 26.3. The first-order valence-electron chi connectivity index (χ1n) is 19.8. The fourth-order valence-electron chi connectivity index (χ4n) is 9.57. The zero-order chi connectivity index (χ0) is 39.6. The number of para-hydroxylation sites is 1. The van der Waals surface area contributed by atoms with Crippen molar-refractivity contribution in [3.63, 3.8) is 0 Å². The van der Waals surface area contributed by atoms with E-state index < -0.39 is 24.2 Å². The highest BCUT2D eigenvalue weighted by molar-refractivity contribution is 5.97. The van der Waals surface area contributed by atoms with Gasteiger partial charge in [-0.1, -0.05) is 69.3 Å². The van der Waals surface area contributed by atoms with Gasteiger partial charge in [0, 0.05) is 61.0 Å². The van der Waals surface area contributed by atoms with Crippen LogP contribution < -0.4 is 25.6 Å². The van der Waals surface area contributed by atoms with Crippen molar-refractivity contribution >= 4 is 17.5 Å². The summed E-state index contributed by atoms with van der Waals surface area (Å²) in [4.78, 5) is 36.4. The third-order valence-electron chi connectivity index (χ3n) is 12.8. The Morgan fingerprint density at radius 2 is 1.82 bits per heavy atom. The minimum absolute atomic E-state index is 0.0361. The number of nitrogens with zero attached hydrogens (tertiary/aromatic N) is 2. The van der Waals surface area contributed by atoms with E-state index in [1.54, 1.807) is 19.1 Å². The number of methoxy groups -OCH3 is 1. The number of carbonyl (C=O) groups excluding carboxylic acids is 2. The summed E-state index contributed by atoms with van der Waals surface area (Å²) in [7, 11) is 7.37. The molecule has 2 amide bonds. The Morgan fingerprint density at radius 3 is 2.44 bits per heavy atom. The van der Waals surface area contributed by atoms with Crippen LogP contribution in [0.2, 0.25) is 0 Å². The summed E-state index contributed by atoms with van der Waals surface area (Å²) in [5.41, 5.74) is 5.12. The molecule has 7 rings (SSSR count).